The van der Waals surface area contributed by atoms with E-state index in [2.05, 4.69) is 4.99 Å². The molecule has 0 aliphatic carbocycles. The molecule has 2 aliphatic rings. The number of thioether (sulfide) groups is 1. The number of carbonyl (C=O) groups is 1. The van der Waals surface area contributed by atoms with E-state index in [9.17, 15) is 13.2 Å². The van der Waals surface area contributed by atoms with E-state index in [4.69, 9.17) is 11.6 Å². The molecule has 4 rings (SSSR count). The maximum Gasteiger partial charge on any atom is 0.252 e. The summed E-state index contributed by atoms with van der Waals surface area (Å²) in [6.07, 6.45) is 0.109. The summed E-state index contributed by atoms with van der Waals surface area (Å²) in [5.41, 5.74) is 3.87. The van der Waals surface area contributed by atoms with E-state index in [0.717, 1.165) is 22.4 Å². The summed E-state index contributed by atoms with van der Waals surface area (Å²) in [5, 5.41) is 0.984. The molecule has 29 heavy (non-hydrogen) atoms. The molecule has 2 heterocycles. The largest absolute Gasteiger partial charge is 0.316 e. The van der Waals surface area contributed by atoms with Crippen molar-refractivity contribution in [2.24, 2.45) is 4.99 Å². The van der Waals surface area contributed by atoms with Crippen molar-refractivity contribution < 1.29 is 13.2 Å². The summed E-state index contributed by atoms with van der Waals surface area (Å²) < 4.78 is 24.4. The first-order valence-electron chi connectivity index (χ1n) is 9.32. The van der Waals surface area contributed by atoms with Crippen molar-refractivity contribution in [3.8, 4) is 0 Å². The van der Waals surface area contributed by atoms with Crippen LogP contribution in [-0.4, -0.2) is 42.3 Å². The lowest BCUT2D eigenvalue weighted by atomic mass is 10.1. The van der Waals surface area contributed by atoms with Crippen molar-refractivity contribution in [1.29, 1.82) is 0 Å². The zero-order chi connectivity index (χ0) is 20.8. The normalized spacial score (nSPS) is 24.1. The monoisotopic (exact) mass is 448 g/mol. The van der Waals surface area contributed by atoms with Gasteiger partial charge < -0.3 is 4.90 Å². The summed E-state index contributed by atoms with van der Waals surface area (Å²) in [6, 6.07) is 13.0. The summed E-state index contributed by atoms with van der Waals surface area (Å²) in [5.74, 6) is -0.103. The first-order valence-corrected chi connectivity index (χ1v) is 12.4. The average Bonchev–Trinajstić information content (AvgIpc) is 3.10. The highest BCUT2D eigenvalue weighted by atomic mass is 35.5. The van der Waals surface area contributed by atoms with Crippen LogP contribution in [0.2, 0.25) is 5.02 Å². The Kier molecular flexibility index (Phi) is 5.48. The molecular weight excluding hydrogens is 428 g/mol. The van der Waals surface area contributed by atoms with E-state index >= 15 is 0 Å². The van der Waals surface area contributed by atoms with Gasteiger partial charge in [0.15, 0.2) is 15.0 Å². The van der Waals surface area contributed by atoms with Crippen molar-refractivity contribution in [3.05, 3.63) is 64.2 Å². The van der Waals surface area contributed by atoms with Gasteiger partial charge in [0, 0.05) is 16.0 Å². The van der Waals surface area contributed by atoms with E-state index < -0.39 is 9.84 Å². The molecule has 2 saturated heterocycles. The first-order chi connectivity index (χ1) is 13.7. The molecular formula is C21H21ClN2O3S2. The molecule has 0 bridgehead atoms. The van der Waals surface area contributed by atoms with E-state index in [1.165, 1.54) is 11.8 Å². The van der Waals surface area contributed by atoms with Gasteiger partial charge >= 0.3 is 0 Å². The Morgan fingerprint density at radius 2 is 1.93 bits per heavy atom. The fraction of sp³-hybridized carbons (Fsp3) is 0.333. The predicted molar refractivity (Wildman–Crippen MR) is 120 cm³/mol. The SMILES string of the molecule is Cc1ccc(N2C(=NC(=O)Cc3ccccc3Cl)S[C@@H]3CS(=O)(=O)C[C@H]32)cc1C. The van der Waals surface area contributed by atoms with Gasteiger partial charge in [0.25, 0.3) is 5.91 Å². The second-order valence-corrected chi connectivity index (χ2v) is 11.3. The molecule has 0 N–H and O–H groups in total. The molecule has 0 aromatic heterocycles. The molecule has 2 aromatic carbocycles. The van der Waals surface area contributed by atoms with Crippen LogP contribution in [0.15, 0.2) is 47.5 Å². The predicted octanol–water partition coefficient (Wildman–Crippen LogP) is 3.80. The fourth-order valence-corrected chi connectivity index (χ4v) is 7.83. The number of hydrogen-bond acceptors (Lipinski definition) is 4. The van der Waals surface area contributed by atoms with Crippen LogP contribution in [0.4, 0.5) is 5.69 Å². The Balaban J connectivity index is 1.67. The maximum absolute atomic E-state index is 12.7. The standard InChI is InChI=1S/C21H21ClN2O3S2/c1-13-7-8-16(9-14(13)2)24-18-11-29(26,27)12-19(18)28-21(24)23-20(25)10-15-5-3-4-6-17(15)22/h3-9,18-19H,10-12H2,1-2H3/t18-,19-/m1/s1. The van der Waals surface area contributed by atoms with Crippen LogP contribution in [0.5, 0.6) is 0 Å². The molecule has 2 aliphatic heterocycles. The number of anilines is 1. The Morgan fingerprint density at radius 1 is 1.17 bits per heavy atom. The second-order valence-electron chi connectivity index (χ2n) is 7.50. The first kappa shape index (κ1) is 20.4. The van der Waals surface area contributed by atoms with Crippen LogP contribution in [0.3, 0.4) is 0 Å². The fourth-order valence-electron chi connectivity index (χ4n) is 3.69. The lowest BCUT2D eigenvalue weighted by molar-refractivity contribution is -0.117. The van der Waals surface area contributed by atoms with Crippen molar-refractivity contribution >= 4 is 50.0 Å². The highest BCUT2D eigenvalue weighted by Gasteiger charge is 2.49. The zero-order valence-electron chi connectivity index (χ0n) is 16.1. The molecule has 8 heteroatoms. The van der Waals surface area contributed by atoms with Crippen molar-refractivity contribution in [2.75, 3.05) is 16.4 Å². The maximum atomic E-state index is 12.7. The quantitative estimate of drug-likeness (QED) is 0.714. The summed E-state index contributed by atoms with van der Waals surface area (Å²) in [4.78, 5) is 19.0. The molecule has 0 radical (unpaired) electrons. The van der Waals surface area contributed by atoms with Gasteiger partial charge in [-0.1, -0.05) is 47.6 Å². The summed E-state index contributed by atoms with van der Waals surface area (Å²) >= 11 is 7.55. The van der Waals surface area contributed by atoms with Gasteiger partial charge in [0.2, 0.25) is 0 Å². The van der Waals surface area contributed by atoms with E-state index in [-0.39, 0.29) is 35.1 Å². The molecule has 2 aromatic rings. The number of aryl methyl sites for hydroxylation is 2. The molecule has 5 nitrogen and oxygen atoms in total. The summed E-state index contributed by atoms with van der Waals surface area (Å²) in [6.45, 7) is 4.05. The molecule has 2 atom stereocenters. The van der Waals surface area contributed by atoms with Crippen LogP contribution < -0.4 is 4.90 Å². The third-order valence-corrected chi connectivity index (χ3v) is 8.93. The number of fused-ring (bicyclic) bond motifs is 1. The number of halogens is 1. The molecule has 0 saturated carbocycles. The highest BCUT2D eigenvalue weighted by Crippen LogP contribution is 2.41. The van der Waals surface area contributed by atoms with Gasteiger partial charge in [-0.2, -0.15) is 4.99 Å². The van der Waals surface area contributed by atoms with Gasteiger partial charge in [-0.15, -0.1) is 0 Å². The Morgan fingerprint density at radius 3 is 2.66 bits per heavy atom. The third kappa shape index (κ3) is 4.22. The minimum atomic E-state index is -3.09. The number of rotatable bonds is 3. The lowest BCUT2D eigenvalue weighted by Gasteiger charge is -2.25. The van der Waals surface area contributed by atoms with Gasteiger partial charge in [-0.3, -0.25) is 4.79 Å². The Bertz CT molecular complexity index is 1110. The van der Waals surface area contributed by atoms with Crippen molar-refractivity contribution in [3.63, 3.8) is 0 Å². The van der Waals surface area contributed by atoms with Crippen LogP contribution in [0.1, 0.15) is 16.7 Å². The van der Waals surface area contributed by atoms with Crippen LogP contribution in [0, 0.1) is 13.8 Å². The van der Waals surface area contributed by atoms with E-state index in [1.807, 2.05) is 55.1 Å². The average molecular weight is 449 g/mol. The van der Waals surface area contributed by atoms with Crippen LogP contribution >= 0.6 is 23.4 Å². The molecule has 2 fully saturated rings. The van der Waals surface area contributed by atoms with Crippen molar-refractivity contribution in [1.82, 2.24) is 0 Å². The molecule has 1 amide bonds. The van der Waals surface area contributed by atoms with Gasteiger partial charge in [0.1, 0.15) is 0 Å². The number of nitrogens with zero attached hydrogens (tertiary/aromatic N) is 2. The van der Waals surface area contributed by atoms with Gasteiger partial charge in [0.05, 0.1) is 24.0 Å². The van der Waals surface area contributed by atoms with Crippen molar-refractivity contribution in [2.45, 2.75) is 31.6 Å². The summed E-state index contributed by atoms with van der Waals surface area (Å²) in [7, 11) is -3.09. The lowest BCUT2D eigenvalue weighted by Crippen LogP contribution is -2.37. The smallest absolute Gasteiger partial charge is 0.252 e. The number of benzene rings is 2. The topological polar surface area (TPSA) is 66.8 Å². The number of amides is 1. The second kappa shape index (κ2) is 7.78. The van der Waals surface area contributed by atoms with Crippen LogP contribution in [-0.2, 0) is 21.1 Å². The number of sulfone groups is 1. The van der Waals surface area contributed by atoms with Gasteiger partial charge in [-0.25, -0.2) is 8.42 Å². The third-order valence-electron chi connectivity index (χ3n) is 5.36. The number of carbonyl (C=O) groups excluding carboxylic acids is 1. The molecule has 0 spiro atoms. The minimum absolute atomic E-state index is 0.0787. The van der Waals surface area contributed by atoms with Crippen LogP contribution in [0.25, 0.3) is 0 Å². The molecule has 0 unspecified atom stereocenters. The number of aliphatic imine (C=N–C) groups is 1. The Labute approximate surface area is 180 Å². The molecule has 152 valence electrons. The minimum Gasteiger partial charge on any atom is -0.316 e. The number of hydrogen-bond donors (Lipinski definition) is 0. The van der Waals surface area contributed by atoms with E-state index in [0.29, 0.717) is 10.2 Å². The highest BCUT2D eigenvalue weighted by molar-refractivity contribution is 8.16. The number of amidine groups is 1. The Hall–Kier alpha value is -1.83. The van der Waals surface area contributed by atoms with E-state index in [1.54, 1.807) is 6.07 Å². The zero-order valence-corrected chi connectivity index (χ0v) is 18.5. The van der Waals surface area contributed by atoms with Gasteiger partial charge in [-0.05, 0) is 48.7 Å².